The second-order valence-corrected chi connectivity index (χ2v) is 6.23. The van der Waals surface area contributed by atoms with Crippen LogP contribution in [0.5, 0.6) is 0 Å². The summed E-state index contributed by atoms with van der Waals surface area (Å²) < 4.78 is 5.26. The average Bonchev–Trinajstić information content (AvgIpc) is 2.93. The van der Waals surface area contributed by atoms with E-state index in [9.17, 15) is 0 Å². The summed E-state index contributed by atoms with van der Waals surface area (Å²) in [6.45, 7) is 4.51. The lowest BCUT2D eigenvalue weighted by Crippen LogP contribution is -2.07. The summed E-state index contributed by atoms with van der Waals surface area (Å²) in [5.41, 5.74) is 5.65. The predicted octanol–water partition coefficient (Wildman–Crippen LogP) is 3.73. The van der Waals surface area contributed by atoms with Crippen molar-refractivity contribution in [2.75, 3.05) is 5.32 Å². The fraction of sp³-hybridized carbons (Fsp3) is 0.389. The predicted molar refractivity (Wildman–Crippen MR) is 89.5 cm³/mol. The highest BCUT2D eigenvalue weighted by atomic mass is 16.5. The van der Waals surface area contributed by atoms with Gasteiger partial charge in [0, 0.05) is 6.54 Å². The highest BCUT2D eigenvalue weighted by Gasteiger charge is 2.14. The smallest absolute Gasteiger partial charge is 0.263 e. The molecule has 0 bridgehead atoms. The number of nitrogens with one attached hydrogen (secondary N) is 1. The molecule has 0 aliphatic heterocycles. The van der Waals surface area contributed by atoms with Crippen LogP contribution < -0.4 is 5.32 Å². The normalized spacial score (nSPS) is 14.0. The Hall–Kier alpha value is -2.43. The quantitative estimate of drug-likeness (QED) is 0.799. The molecule has 118 valence electrons. The molecule has 3 aromatic rings. The second-order valence-electron chi connectivity index (χ2n) is 6.23. The van der Waals surface area contributed by atoms with Crippen molar-refractivity contribution in [3.63, 3.8) is 0 Å². The third-order valence-electron chi connectivity index (χ3n) is 4.49. The number of aryl methyl sites for hydroxylation is 4. The molecule has 0 unspecified atom stereocenters. The molecule has 1 aromatic carbocycles. The van der Waals surface area contributed by atoms with Crippen molar-refractivity contribution in [1.82, 2.24) is 15.1 Å². The van der Waals surface area contributed by atoms with Crippen molar-refractivity contribution in [2.24, 2.45) is 0 Å². The van der Waals surface area contributed by atoms with Gasteiger partial charge in [0.05, 0.1) is 5.69 Å². The number of fused-ring (bicyclic) bond motifs is 2. The number of rotatable bonds is 3. The Labute approximate surface area is 135 Å². The molecule has 5 heteroatoms. The van der Waals surface area contributed by atoms with Crippen molar-refractivity contribution in [1.29, 1.82) is 0 Å². The molecule has 1 aliphatic rings. The van der Waals surface area contributed by atoms with Gasteiger partial charge in [-0.05, 0) is 56.2 Å². The second kappa shape index (κ2) is 5.65. The van der Waals surface area contributed by atoms with E-state index in [0.717, 1.165) is 23.4 Å². The van der Waals surface area contributed by atoms with Gasteiger partial charge in [0.1, 0.15) is 17.0 Å². The molecule has 0 saturated heterocycles. The Morgan fingerprint density at radius 2 is 1.91 bits per heavy atom. The third-order valence-corrected chi connectivity index (χ3v) is 4.49. The minimum Gasteiger partial charge on any atom is -0.365 e. The number of anilines is 1. The molecule has 0 atom stereocenters. The Kier molecular flexibility index (Phi) is 3.48. The zero-order valence-corrected chi connectivity index (χ0v) is 13.5. The van der Waals surface area contributed by atoms with E-state index in [4.69, 9.17) is 4.52 Å². The van der Waals surface area contributed by atoms with Crippen molar-refractivity contribution in [3.05, 3.63) is 46.4 Å². The van der Waals surface area contributed by atoms with Crippen molar-refractivity contribution < 1.29 is 4.52 Å². The lowest BCUT2D eigenvalue weighted by atomic mass is 9.90. The SMILES string of the molecule is Cc1nc(NCc2ccc3c(c2)CCCC3)c2c(C)noc2n1. The van der Waals surface area contributed by atoms with E-state index in [0.29, 0.717) is 11.5 Å². The van der Waals surface area contributed by atoms with Crippen LogP contribution in [0, 0.1) is 13.8 Å². The third kappa shape index (κ3) is 2.67. The van der Waals surface area contributed by atoms with E-state index in [2.05, 4.69) is 38.6 Å². The van der Waals surface area contributed by atoms with E-state index >= 15 is 0 Å². The van der Waals surface area contributed by atoms with Crippen LogP contribution >= 0.6 is 0 Å². The number of nitrogens with zero attached hydrogens (tertiary/aromatic N) is 3. The van der Waals surface area contributed by atoms with Crippen LogP contribution in [0.3, 0.4) is 0 Å². The first-order valence-electron chi connectivity index (χ1n) is 8.16. The van der Waals surface area contributed by atoms with Crippen LogP contribution in [0.25, 0.3) is 11.1 Å². The molecular formula is C18H20N4O. The maximum atomic E-state index is 5.26. The van der Waals surface area contributed by atoms with Gasteiger partial charge in [0.25, 0.3) is 5.71 Å². The Bertz CT molecular complexity index is 869. The van der Waals surface area contributed by atoms with Gasteiger partial charge in [-0.15, -0.1) is 0 Å². The highest BCUT2D eigenvalue weighted by Crippen LogP contribution is 2.25. The van der Waals surface area contributed by atoms with Gasteiger partial charge in [-0.3, -0.25) is 0 Å². The zero-order valence-electron chi connectivity index (χ0n) is 13.5. The van der Waals surface area contributed by atoms with E-state index in [1.807, 2.05) is 13.8 Å². The molecule has 0 saturated carbocycles. The monoisotopic (exact) mass is 308 g/mol. The number of hydrogen-bond acceptors (Lipinski definition) is 5. The van der Waals surface area contributed by atoms with E-state index < -0.39 is 0 Å². The first-order chi connectivity index (χ1) is 11.2. The molecule has 1 aliphatic carbocycles. The molecule has 0 radical (unpaired) electrons. The standard InChI is InChI=1S/C18H20N4O/c1-11-16-17(20-12(2)21-18(16)23-22-11)19-10-13-7-8-14-5-3-4-6-15(14)9-13/h7-9H,3-6,10H2,1-2H3,(H,19,20,21). The molecule has 2 aromatic heterocycles. The lowest BCUT2D eigenvalue weighted by Gasteiger charge is -2.17. The van der Waals surface area contributed by atoms with Gasteiger partial charge in [-0.2, -0.15) is 4.98 Å². The topological polar surface area (TPSA) is 63.8 Å². The van der Waals surface area contributed by atoms with Gasteiger partial charge in [-0.1, -0.05) is 23.4 Å². The van der Waals surface area contributed by atoms with E-state index in [1.54, 1.807) is 0 Å². The van der Waals surface area contributed by atoms with Crippen LogP contribution in [0.15, 0.2) is 22.7 Å². The fourth-order valence-corrected chi connectivity index (χ4v) is 3.31. The summed E-state index contributed by atoms with van der Waals surface area (Å²) in [7, 11) is 0. The average molecular weight is 308 g/mol. The van der Waals surface area contributed by atoms with E-state index in [1.165, 1.54) is 42.4 Å². The number of benzene rings is 1. The van der Waals surface area contributed by atoms with Crippen molar-refractivity contribution in [3.8, 4) is 0 Å². The van der Waals surface area contributed by atoms with Crippen LogP contribution in [-0.2, 0) is 19.4 Å². The van der Waals surface area contributed by atoms with Gasteiger partial charge < -0.3 is 9.84 Å². The summed E-state index contributed by atoms with van der Waals surface area (Å²) in [5, 5.41) is 8.29. The van der Waals surface area contributed by atoms with Crippen LogP contribution in [0.1, 0.15) is 41.1 Å². The molecule has 5 nitrogen and oxygen atoms in total. The maximum Gasteiger partial charge on any atom is 0.263 e. The summed E-state index contributed by atoms with van der Waals surface area (Å²) >= 11 is 0. The van der Waals surface area contributed by atoms with E-state index in [-0.39, 0.29) is 0 Å². The Balaban J connectivity index is 1.61. The maximum absolute atomic E-state index is 5.26. The summed E-state index contributed by atoms with van der Waals surface area (Å²) in [6.07, 6.45) is 5.03. The molecule has 1 N–H and O–H groups in total. The van der Waals surface area contributed by atoms with Gasteiger partial charge >= 0.3 is 0 Å². The first-order valence-corrected chi connectivity index (χ1v) is 8.16. The van der Waals surface area contributed by atoms with Crippen molar-refractivity contribution >= 4 is 16.9 Å². The summed E-state index contributed by atoms with van der Waals surface area (Å²) in [5.74, 6) is 1.48. The fourth-order valence-electron chi connectivity index (χ4n) is 3.31. The van der Waals surface area contributed by atoms with Gasteiger partial charge in [0.15, 0.2) is 0 Å². The highest BCUT2D eigenvalue weighted by molar-refractivity contribution is 5.87. The van der Waals surface area contributed by atoms with Gasteiger partial charge in [-0.25, -0.2) is 4.98 Å². The summed E-state index contributed by atoms with van der Waals surface area (Å²) in [6, 6.07) is 6.81. The van der Waals surface area contributed by atoms with Crippen LogP contribution in [0.4, 0.5) is 5.82 Å². The summed E-state index contributed by atoms with van der Waals surface area (Å²) in [4.78, 5) is 8.80. The first kappa shape index (κ1) is 14.2. The molecule has 23 heavy (non-hydrogen) atoms. The van der Waals surface area contributed by atoms with Crippen LogP contribution in [0.2, 0.25) is 0 Å². The molecule has 4 rings (SSSR count). The Morgan fingerprint density at radius 3 is 2.78 bits per heavy atom. The molecular weight excluding hydrogens is 288 g/mol. The molecule has 0 amide bonds. The number of aromatic nitrogens is 3. The zero-order chi connectivity index (χ0) is 15.8. The van der Waals surface area contributed by atoms with Crippen LogP contribution in [-0.4, -0.2) is 15.1 Å². The minimum atomic E-state index is 0.544. The molecule has 0 fully saturated rings. The number of hydrogen-bond donors (Lipinski definition) is 1. The largest absolute Gasteiger partial charge is 0.365 e. The minimum absolute atomic E-state index is 0.544. The van der Waals surface area contributed by atoms with Crippen molar-refractivity contribution in [2.45, 2.75) is 46.1 Å². The lowest BCUT2D eigenvalue weighted by molar-refractivity contribution is 0.442. The molecule has 2 heterocycles. The Morgan fingerprint density at radius 1 is 1.09 bits per heavy atom. The van der Waals surface area contributed by atoms with Gasteiger partial charge in [0.2, 0.25) is 0 Å². The molecule has 0 spiro atoms.